The number of rotatable bonds is 3. The van der Waals surface area contributed by atoms with Crippen molar-refractivity contribution in [2.75, 3.05) is 0 Å². The maximum Gasteiger partial charge on any atom is 0.416 e. The largest absolute Gasteiger partial charge is 0.477 e. The summed E-state index contributed by atoms with van der Waals surface area (Å²) in [6, 6.07) is 9.21. The van der Waals surface area contributed by atoms with Gasteiger partial charge in [0.2, 0.25) is 0 Å². The van der Waals surface area contributed by atoms with E-state index in [9.17, 15) is 23.1 Å². The molecule has 0 saturated heterocycles. The van der Waals surface area contributed by atoms with Gasteiger partial charge in [0.15, 0.2) is 0 Å². The summed E-state index contributed by atoms with van der Waals surface area (Å²) in [7, 11) is 0. The molecule has 0 aliphatic carbocycles. The highest BCUT2D eigenvalue weighted by Crippen LogP contribution is 2.33. The number of fused-ring (bicyclic) bond motifs is 1. The summed E-state index contributed by atoms with van der Waals surface area (Å²) in [5.41, 5.74) is -0.157. The molecule has 0 bridgehead atoms. The van der Waals surface area contributed by atoms with Crippen LogP contribution in [0.1, 0.15) is 21.6 Å². The zero-order valence-corrected chi connectivity index (χ0v) is 14.0. The third-order valence-electron chi connectivity index (χ3n) is 3.78. The SMILES string of the molecule is O=C(O)c1cc2ccc(C(F)(F)F)cc2n1Cc1ccc(Cl)c(Cl)c1. The first-order chi connectivity index (χ1) is 11.7. The van der Waals surface area contributed by atoms with Gasteiger partial charge in [-0.2, -0.15) is 13.2 Å². The van der Waals surface area contributed by atoms with Gasteiger partial charge in [0.25, 0.3) is 0 Å². The van der Waals surface area contributed by atoms with E-state index in [1.165, 1.54) is 16.7 Å². The molecule has 0 fully saturated rings. The summed E-state index contributed by atoms with van der Waals surface area (Å²) in [5.74, 6) is -1.23. The van der Waals surface area contributed by atoms with Crippen LogP contribution in [0.5, 0.6) is 0 Å². The first kappa shape index (κ1) is 17.6. The minimum atomic E-state index is -4.52. The average molecular weight is 388 g/mol. The molecule has 3 nitrogen and oxygen atoms in total. The summed E-state index contributed by atoms with van der Waals surface area (Å²) in [6.07, 6.45) is -4.52. The molecule has 0 radical (unpaired) electrons. The van der Waals surface area contributed by atoms with E-state index < -0.39 is 17.7 Å². The van der Waals surface area contributed by atoms with Crippen LogP contribution in [0.2, 0.25) is 10.0 Å². The molecule has 1 heterocycles. The van der Waals surface area contributed by atoms with Crippen LogP contribution in [0.3, 0.4) is 0 Å². The third kappa shape index (κ3) is 3.45. The Kier molecular flexibility index (Phi) is 4.43. The molecule has 0 aliphatic heterocycles. The number of aromatic nitrogens is 1. The summed E-state index contributed by atoms with van der Waals surface area (Å²) < 4.78 is 40.3. The van der Waals surface area contributed by atoms with Crippen LogP contribution in [0.15, 0.2) is 42.5 Å². The van der Waals surface area contributed by atoms with Crippen LogP contribution >= 0.6 is 23.2 Å². The molecule has 1 N–H and O–H groups in total. The molecule has 0 spiro atoms. The quantitative estimate of drug-likeness (QED) is 0.624. The molecule has 0 aliphatic rings. The van der Waals surface area contributed by atoms with Gasteiger partial charge in [-0.15, -0.1) is 0 Å². The zero-order valence-electron chi connectivity index (χ0n) is 12.4. The number of benzene rings is 2. The van der Waals surface area contributed by atoms with Crippen molar-refractivity contribution in [1.29, 1.82) is 0 Å². The Morgan fingerprint density at radius 1 is 1.04 bits per heavy atom. The number of aromatic carboxylic acids is 1. The Labute approximate surface area is 150 Å². The molecule has 1 aromatic heterocycles. The molecular weight excluding hydrogens is 378 g/mol. The fourth-order valence-electron chi connectivity index (χ4n) is 2.60. The van der Waals surface area contributed by atoms with Crippen molar-refractivity contribution in [3.63, 3.8) is 0 Å². The van der Waals surface area contributed by atoms with Crippen LogP contribution < -0.4 is 0 Å². The second-order valence-corrected chi connectivity index (χ2v) is 6.26. The van der Waals surface area contributed by atoms with Gasteiger partial charge in [0.05, 0.1) is 15.6 Å². The van der Waals surface area contributed by atoms with Gasteiger partial charge in [0.1, 0.15) is 5.69 Å². The molecule has 8 heteroatoms. The minimum absolute atomic E-state index is 0.0450. The number of alkyl halides is 3. The maximum absolute atomic E-state index is 13.0. The Morgan fingerprint density at radius 3 is 2.36 bits per heavy atom. The minimum Gasteiger partial charge on any atom is -0.477 e. The molecule has 0 atom stereocenters. The van der Waals surface area contributed by atoms with Crippen LogP contribution in [0, 0.1) is 0 Å². The highest BCUT2D eigenvalue weighted by molar-refractivity contribution is 6.42. The number of halogens is 5. The van der Waals surface area contributed by atoms with E-state index in [2.05, 4.69) is 0 Å². The van der Waals surface area contributed by atoms with E-state index in [4.69, 9.17) is 23.2 Å². The van der Waals surface area contributed by atoms with Gasteiger partial charge in [-0.3, -0.25) is 0 Å². The first-order valence-electron chi connectivity index (χ1n) is 7.04. The summed E-state index contributed by atoms with van der Waals surface area (Å²) >= 11 is 11.8. The monoisotopic (exact) mass is 387 g/mol. The topological polar surface area (TPSA) is 42.2 Å². The Bertz CT molecular complexity index is 980. The van der Waals surface area contributed by atoms with Gasteiger partial charge in [0, 0.05) is 17.4 Å². The number of carboxylic acids is 1. The molecule has 0 amide bonds. The van der Waals surface area contributed by atoms with E-state index in [1.807, 2.05) is 0 Å². The second kappa shape index (κ2) is 6.28. The van der Waals surface area contributed by atoms with Crippen LogP contribution in [0.4, 0.5) is 13.2 Å². The van der Waals surface area contributed by atoms with Gasteiger partial charge in [-0.05, 0) is 35.9 Å². The van der Waals surface area contributed by atoms with Crippen molar-refractivity contribution >= 4 is 40.1 Å². The lowest BCUT2D eigenvalue weighted by atomic mass is 10.1. The van der Waals surface area contributed by atoms with Crippen LogP contribution in [-0.2, 0) is 12.7 Å². The number of nitrogens with zero attached hydrogens (tertiary/aromatic N) is 1. The number of hydrogen-bond donors (Lipinski definition) is 1. The summed E-state index contributed by atoms with van der Waals surface area (Å²) in [4.78, 5) is 11.5. The number of carbonyl (C=O) groups is 1. The maximum atomic E-state index is 13.0. The molecule has 0 unspecified atom stereocenters. The lowest BCUT2D eigenvalue weighted by molar-refractivity contribution is -0.137. The van der Waals surface area contributed by atoms with Gasteiger partial charge < -0.3 is 9.67 Å². The fourth-order valence-corrected chi connectivity index (χ4v) is 2.92. The lowest BCUT2D eigenvalue weighted by Gasteiger charge is -2.11. The summed E-state index contributed by atoms with van der Waals surface area (Å²) in [6.45, 7) is 0.0450. The van der Waals surface area contributed by atoms with Crippen molar-refractivity contribution in [2.45, 2.75) is 12.7 Å². The predicted molar refractivity (Wildman–Crippen MR) is 89.5 cm³/mol. The number of hydrogen-bond acceptors (Lipinski definition) is 1. The smallest absolute Gasteiger partial charge is 0.416 e. The van der Waals surface area contributed by atoms with Crippen molar-refractivity contribution in [1.82, 2.24) is 4.57 Å². The lowest BCUT2D eigenvalue weighted by Crippen LogP contribution is -2.10. The Balaban J connectivity index is 2.17. The normalized spacial score (nSPS) is 11.9. The first-order valence-corrected chi connectivity index (χ1v) is 7.80. The standard InChI is InChI=1S/C17H10Cl2F3NO2/c18-12-4-1-9(5-13(12)19)8-23-14-7-11(17(20,21)22)3-2-10(14)6-15(23)16(24)25/h1-7H,8H2,(H,24,25). The van der Waals surface area contributed by atoms with E-state index in [0.717, 1.165) is 12.1 Å². The third-order valence-corrected chi connectivity index (χ3v) is 4.51. The Morgan fingerprint density at radius 2 is 1.76 bits per heavy atom. The average Bonchev–Trinajstić information content (AvgIpc) is 2.88. The zero-order chi connectivity index (χ0) is 18.4. The van der Waals surface area contributed by atoms with Crippen LogP contribution in [0.25, 0.3) is 10.9 Å². The van der Waals surface area contributed by atoms with Gasteiger partial charge >= 0.3 is 12.1 Å². The van der Waals surface area contributed by atoms with E-state index >= 15 is 0 Å². The summed E-state index contributed by atoms with van der Waals surface area (Å²) in [5, 5.41) is 10.4. The molecule has 130 valence electrons. The molecule has 3 aromatic rings. The van der Waals surface area contributed by atoms with Crippen molar-refractivity contribution < 1.29 is 23.1 Å². The van der Waals surface area contributed by atoms with E-state index in [0.29, 0.717) is 16.0 Å². The number of carboxylic acid groups (broad SMARTS) is 1. The van der Waals surface area contributed by atoms with Gasteiger partial charge in [-0.25, -0.2) is 4.79 Å². The molecular formula is C17H10Cl2F3NO2. The van der Waals surface area contributed by atoms with Crippen molar-refractivity contribution in [2.24, 2.45) is 0 Å². The van der Waals surface area contributed by atoms with Crippen LogP contribution in [-0.4, -0.2) is 15.6 Å². The van der Waals surface area contributed by atoms with E-state index in [-0.39, 0.29) is 22.8 Å². The highest BCUT2D eigenvalue weighted by Gasteiger charge is 2.31. The molecule has 3 rings (SSSR count). The predicted octanol–water partition coefficient (Wildman–Crippen LogP) is 5.71. The molecule has 0 saturated carbocycles. The Hall–Kier alpha value is -2.18. The second-order valence-electron chi connectivity index (χ2n) is 5.44. The fraction of sp³-hybridized carbons (Fsp3) is 0.118. The van der Waals surface area contributed by atoms with Crippen molar-refractivity contribution in [3.05, 3.63) is 69.3 Å². The highest BCUT2D eigenvalue weighted by atomic mass is 35.5. The van der Waals surface area contributed by atoms with E-state index in [1.54, 1.807) is 18.2 Å². The molecule has 25 heavy (non-hydrogen) atoms. The van der Waals surface area contributed by atoms with Crippen molar-refractivity contribution in [3.8, 4) is 0 Å². The molecule has 2 aromatic carbocycles. The van der Waals surface area contributed by atoms with Gasteiger partial charge in [-0.1, -0.05) is 35.3 Å².